The molecule has 0 spiro atoms. The Morgan fingerprint density at radius 1 is 0.818 bits per heavy atom. The fourth-order valence-corrected chi connectivity index (χ4v) is 6.70. The van der Waals surface area contributed by atoms with Gasteiger partial charge in [-0.2, -0.15) is 0 Å². The van der Waals surface area contributed by atoms with Gasteiger partial charge in [-0.25, -0.2) is 0 Å². The smallest absolute Gasteiger partial charge is 0.258 e. The molecule has 0 aliphatic carbocycles. The first kappa shape index (κ1) is 31.2. The molecule has 2 N–H and O–H groups in total. The Balaban J connectivity index is 0.000000182. The van der Waals surface area contributed by atoms with Crippen LogP contribution in [0.2, 0.25) is 0 Å². The molecule has 2 heterocycles. The molecular formula is C36H34Cl2N2O4. The number of phenols is 2. The van der Waals surface area contributed by atoms with Crippen molar-refractivity contribution in [2.45, 2.75) is 18.8 Å². The Morgan fingerprint density at radius 3 is 1.98 bits per heavy atom. The van der Waals surface area contributed by atoms with E-state index >= 15 is 0 Å². The van der Waals surface area contributed by atoms with Crippen molar-refractivity contribution in [1.82, 2.24) is 0 Å². The van der Waals surface area contributed by atoms with Crippen LogP contribution in [0.5, 0.6) is 11.5 Å². The molecule has 0 saturated carbocycles. The Labute approximate surface area is 267 Å². The van der Waals surface area contributed by atoms with Crippen molar-refractivity contribution >= 4 is 68.3 Å². The molecule has 0 fully saturated rings. The lowest BCUT2D eigenvalue weighted by molar-refractivity contribution is 0.0988. The van der Waals surface area contributed by atoms with E-state index in [1.54, 1.807) is 35.2 Å². The van der Waals surface area contributed by atoms with Gasteiger partial charge in [-0.15, -0.1) is 23.2 Å². The molecule has 2 unspecified atom stereocenters. The lowest BCUT2D eigenvalue weighted by Crippen LogP contribution is -2.30. The minimum Gasteiger partial charge on any atom is -0.507 e. The van der Waals surface area contributed by atoms with Gasteiger partial charge in [0.05, 0.1) is 5.69 Å². The van der Waals surface area contributed by atoms with Crippen LogP contribution in [0, 0.1) is 0 Å². The number of rotatable bonds is 3. The highest BCUT2D eigenvalue weighted by Gasteiger charge is 2.35. The van der Waals surface area contributed by atoms with Crippen LogP contribution in [0.15, 0.2) is 84.9 Å². The first-order valence-corrected chi connectivity index (χ1v) is 15.6. The molecule has 6 nitrogen and oxygen atoms in total. The van der Waals surface area contributed by atoms with Crippen LogP contribution in [-0.4, -0.2) is 54.8 Å². The summed E-state index contributed by atoms with van der Waals surface area (Å²) in [6, 6.07) is 25.8. The van der Waals surface area contributed by atoms with Crippen molar-refractivity contribution < 1.29 is 19.8 Å². The monoisotopic (exact) mass is 628 g/mol. The lowest BCUT2D eigenvalue weighted by Gasteiger charge is -2.18. The number of alkyl halides is 2. The summed E-state index contributed by atoms with van der Waals surface area (Å²) < 4.78 is 0. The topological polar surface area (TPSA) is 81.1 Å². The summed E-state index contributed by atoms with van der Waals surface area (Å²) >= 11 is 10.8. The van der Waals surface area contributed by atoms with Crippen LogP contribution in [0.3, 0.4) is 0 Å². The number of hydrogen-bond donors (Lipinski definition) is 2. The number of carbonyl (C=O) groups is 2. The molecular weight excluding hydrogens is 595 g/mol. The number of halogens is 2. The summed E-state index contributed by atoms with van der Waals surface area (Å²) in [7, 11) is 2.08. The van der Waals surface area contributed by atoms with E-state index in [1.807, 2.05) is 48.5 Å². The third-order valence-electron chi connectivity index (χ3n) is 8.34. The molecule has 2 atom stereocenters. The van der Waals surface area contributed by atoms with Gasteiger partial charge in [-0.1, -0.05) is 67.6 Å². The first-order valence-electron chi connectivity index (χ1n) is 14.3. The predicted octanol–water partition coefficient (Wildman–Crippen LogP) is 8.29. The van der Waals surface area contributed by atoms with E-state index in [0.29, 0.717) is 40.9 Å². The Hall–Kier alpha value is -4.26. The number of benzene rings is 5. The van der Waals surface area contributed by atoms with Crippen molar-refractivity contribution in [3.8, 4) is 11.5 Å². The summed E-state index contributed by atoms with van der Waals surface area (Å²) in [6.07, 6.45) is 2.19. The van der Waals surface area contributed by atoms with Crippen molar-refractivity contribution in [2.24, 2.45) is 0 Å². The highest BCUT2D eigenvalue weighted by Crippen LogP contribution is 2.46. The number of fused-ring (bicyclic) bond motifs is 6. The van der Waals surface area contributed by atoms with Crippen molar-refractivity contribution in [3.05, 3.63) is 107 Å². The third kappa shape index (κ3) is 5.56. The van der Waals surface area contributed by atoms with Gasteiger partial charge in [0.2, 0.25) is 0 Å². The van der Waals surface area contributed by atoms with Gasteiger partial charge < -0.3 is 20.0 Å². The van der Waals surface area contributed by atoms with Crippen molar-refractivity contribution in [1.29, 1.82) is 0 Å². The van der Waals surface area contributed by atoms with E-state index in [-0.39, 0.29) is 17.6 Å². The first-order chi connectivity index (χ1) is 21.3. The maximum Gasteiger partial charge on any atom is 0.258 e. The number of carbonyl (C=O) groups excluding carboxylic acids is 2. The highest BCUT2D eigenvalue weighted by molar-refractivity contribution is 6.19. The van der Waals surface area contributed by atoms with Crippen LogP contribution < -0.4 is 9.80 Å². The molecule has 8 heteroatoms. The molecule has 0 bridgehead atoms. The van der Waals surface area contributed by atoms with Crippen molar-refractivity contribution in [3.63, 3.8) is 0 Å². The molecule has 0 saturated heterocycles. The lowest BCUT2D eigenvalue weighted by atomic mass is 9.95. The average molecular weight is 630 g/mol. The number of likely N-dealkylation sites (N-methyl/N-ethyl adjacent to an activating group) is 1. The summed E-state index contributed by atoms with van der Waals surface area (Å²) in [5, 5.41) is 24.2. The Morgan fingerprint density at radius 2 is 1.39 bits per heavy atom. The summed E-state index contributed by atoms with van der Waals surface area (Å²) in [5.74, 6) is 1.20. The van der Waals surface area contributed by atoms with E-state index < -0.39 is 0 Å². The normalized spacial score (nSPS) is 16.5. The molecule has 5 aromatic carbocycles. The van der Waals surface area contributed by atoms with Gasteiger partial charge in [0.1, 0.15) is 17.8 Å². The number of aldehydes is 1. The fraction of sp³-hybridized carbons (Fsp3) is 0.222. The molecule has 1 amide bonds. The van der Waals surface area contributed by atoms with Crippen LogP contribution in [0.4, 0.5) is 11.4 Å². The number of hydrogen-bond acceptors (Lipinski definition) is 5. The SMILES string of the molecule is CC1CN(C)c2cc(O)c3ccccc3c21.CCl.O=Cc1cccc(C(=O)N2CC(CCl)c3c2cc(O)c2ccccc32)c1. The number of phenolic OH excluding ortho intramolecular Hbond substituents is 2. The zero-order chi connectivity index (χ0) is 31.5. The molecule has 226 valence electrons. The maximum atomic E-state index is 13.1. The molecule has 5 aromatic rings. The number of amides is 1. The number of anilines is 2. The maximum absolute atomic E-state index is 13.1. The van der Waals surface area contributed by atoms with Gasteiger partial charge in [0.25, 0.3) is 5.91 Å². The summed E-state index contributed by atoms with van der Waals surface area (Å²) in [5.41, 5.74) is 5.08. The van der Waals surface area contributed by atoms with Gasteiger partial charge in [-0.05, 0) is 34.0 Å². The minimum atomic E-state index is -0.211. The fourth-order valence-electron chi connectivity index (χ4n) is 6.44. The molecule has 44 heavy (non-hydrogen) atoms. The standard InChI is InChI=1S/C21H16ClNO3.C14H15NO.CH3Cl/c22-10-15-11-23(21(26)14-5-3-4-13(8-14)12-24)18-9-19(25)16-6-1-2-7-17(16)20(15)18;1-9-8-15(2)12-7-13(16)10-5-3-4-6-11(10)14(9)12;1-2/h1-9,12,15,25H,10-11H2;3-7,9,16H,8H2,1-2H3;1H3. The second-order valence-electron chi connectivity index (χ2n) is 11.0. The molecule has 0 aromatic heterocycles. The van der Waals surface area contributed by atoms with Crippen LogP contribution in [-0.2, 0) is 0 Å². The van der Waals surface area contributed by atoms with Crippen molar-refractivity contribution in [2.75, 3.05) is 42.2 Å². The zero-order valence-electron chi connectivity index (χ0n) is 24.8. The minimum absolute atomic E-state index is 0.0182. The average Bonchev–Trinajstić information content (AvgIpc) is 3.58. The second-order valence-corrected chi connectivity index (χ2v) is 11.3. The van der Waals surface area contributed by atoms with Crippen LogP contribution in [0.25, 0.3) is 21.5 Å². The van der Waals surface area contributed by atoms with E-state index in [1.165, 1.54) is 23.0 Å². The highest BCUT2D eigenvalue weighted by atomic mass is 35.5. The third-order valence-corrected chi connectivity index (χ3v) is 8.71. The second kappa shape index (κ2) is 13.2. The van der Waals surface area contributed by atoms with Crippen LogP contribution in [0.1, 0.15) is 50.6 Å². The van der Waals surface area contributed by atoms with Gasteiger partial charge in [0, 0.05) is 84.0 Å². The predicted molar refractivity (Wildman–Crippen MR) is 182 cm³/mol. The van der Waals surface area contributed by atoms with Gasteiger partial charge >= 0.3 is 0 Å². The summed E-state index contributed by atoms with van der Waals surface area (Å²) in [6.45, 7) is 3.71. The van der Waals surface area contributed by atoms with Crippen LogP contribution >= 0.6 is 23.2 Å². The Kier molecular flexibility index (Phi) is 9.33. The van der Waals surface area contributed by atoms with E-state index in [0.717, 1.165) is 34.6 Å². The molecule has 2 aliphatic rings. The molecule has 0 radical (unpaired) electrons. The van der Waals surface area contributed by atoms with E-state index in [9.17, 15) is 19.8 Å². The molecule has 7 rings (SSSR count). The Bertz CT molecular complexity index is 1860. The number of aromatic hydroxyl groups is 2. The van der Waals surface area contributed by atoms with E-state index in [2.05, 4.69) is 36.5 Å². The largest absolute Gasteiger partial charge is 0.507 e. The zero-order valence-corrected chi connectivity index (χ0v) is 26.3. The number of nitrogens with zero attached hydrogens (tertiary/aromatic N) is 2. The van der Waals surface area contributed by atoms with Gasteiger partial charge in [0.15, 0.2) is 0 Å². The van der Waals surface area contributed by atoms with Gasteiger partial charge in [-0.3, -0.25) is 9.59 Å². The van der Waals surface area contributed by atoms with E-state index in [4.69, 9.17) is 11.6 Å². The molecule has 2 aliphatic heterocycles. The quantitative estimate of drug-likeness (QED) is 0.155. The summed E-state index contributed by atoms with van der Waals surface area (Å²) in [4.78, 5) is 27.9.